The SMILES string of the molecule is N#C/C(=C/NCCCCl)C(=O)NCCc1ccc(O)cc1. The molecule has 112 valence electrons. The predicted molar refractivity (Wildman–Crippen MR) is 81.9 cm³/mol. The quantitative estimate of drug-likeness (QED) is 0.295. The average Bonchev–Trinajstić information content (AvgIpc) is 2.49. The van der Waals surface area contributed by atoms with E-state index in [9.17, 15) is 4.79 Å². The van der Waals surface area contributed by atoms with Gasteiger partial charge in [0.25, 0.3) is 5.91 Å². The summed E-state index contributed by atoms with van der Waals surface area (Å²) in [6.45, 7) is 1.04. The van der Waals surface area contributed by atoms with Gasteiger partial charge in [0.15, 0.2) is 0 Å². The minimum Gasteiger partial charge on any atom is -0.508 e. The fourth-order valence-corrected chi connectivity index (χ4v) is 1.70. The first-order chi connectivity index (χ1) is 10.2. The number of amides is 1. The Labute approximate surface area is 129 Å². The largest absolute Gasteiger partial charge is 0.508 e. The van der Waals surface area contributed by atoms with Crippen molar-refractivity contribution in [3.05, 3.63) is 41.6 Å². The van der Waals surface area contributed by atoms with Gasteiger partial charge in [0.05, 0.1) is 0 Å². The summed E-state index contributed by atoms with van der Waals surface area (Å²) in [5.41, 5.74) is 1.03. The lowest BCUT2D eigenvalue weighted by Gasteiger charge is -2.05. The van der Waals surface area contributed by atoms with Gasteiger partial charge in [-0.05, 0) is 30.5 Å². The van der Waals surface area contributed by atoms with Crippen molar-refractivity contribution in [1.29, 1.82) is 5.26 Å². The molecule has 0 aliphatic heterocycles. The molecule has 0 saturated heterocycles. The van der Waals surface area contributed by atoms with E-state index in [1.165, 1.54) is 6.20 Å². The van der Waals surface area contributed by atoms with Crippen molar-refractivity contribution in [2.45, 2.75) is 12.8 Å². The molecule has 1 amide bonds. The van der Waals surface area contributed by atoms with Crippen molar-refractivity contribution >= 4 is 17.5 Å². The summed E-state index contributed by atoms with van der Waals surface area (Å²) < 4.78 is 0. The highest BCUT2D eigenvalue weighted by Crippen LogP contribution is 2.09. The lowest BCUT2D eigenvalue weighted by Crippen LogP contribution is -2.27. The van der Waals surface area contributed by atoms with Crippen LogP contribution in [0.2, 0.25) is 0 Å². The van der Waals surface area contributed by atoms with Gasteiger partial charge in [-0.25, -0.2) is 0 Å². The number of carbonyl (C=O) groups excluding carboxylic acids is 1. The number of rotatable bonds is 8. The number of nitriles is 1. The number of hydrogen-bond acceptors (Lipinski definition) is 4. The Hall–Kier alpha value is -2.19. The summed E-state index contributed by atoms with van der Waals surface area (Å²) in [5, 5.41) is 23.6. The van der Waals surface area contributed by atoms with Crippen LogP contribution in [0.4, 0.5) is 0 Å². The van der Waals surface area contributed by atoms with Gasteiger partial charge >= 0.3 is 0 Å². The molecule has 21 heavy (non-hydrogen) atoms. The molecule has 1 aromatic carbocycles. The summed E-state index contributed by atoms with van der Waals surface area (Å²) in [7, 11) is 0. The van der Waals surface area contributed by atoms with Gasteiger partial charge < -0.3 is 15.7 Å². The highest BCUT2D eigenvalue weighted by atomic mass is 35.5. The van der Waals surface area contributed by atoms with Gasteiger partial charge in [0.1, 0.15) is 17.4 Å². The van der Waals surface area contributed by atoms with Crippen LogP contribution in [0, 0.1) is 11.3 Å². The van der Waals surface area contributed by atoms with E-state index in [1.807, 2.05) is 6.07 Å². The summed E-state index contributed by atoms with van der Waals surface area (Å²) in [5.74, 6) is 0.330. The Balaban J connectivity index is 2.37. The highest BCUT2D eigenvalue weighted by molar-refractivity contribution is 6.17. The highest BCUT2D eigenvalue weighted by Gasteiger charge is 2.07. The van der Waals surface area contributed by atoms with Crippen LogP contribution >= 0.6 is 11.6 Å². The molecule has 0 saturated carbocycles. The number of benzene rings is 1. The number of phenols is 1. The van der Waals surface area contributed by atoms with Crippen molar-refractivity contribution in [2.75, 3.05) is 19.0 Å². The monoisotopic (exact) mass is 307 g/mol. The molecule has 0 radical (unpaired) electrons. The molecule has 0 atom stereocenters. The number of aromatic hydroxyl groups is 1. The van der Waals surface area contributed by atoms with E-state index >= 15 is 0 Å². The van der Waals surface area contributed by atoms with E-state index in [2.05, 4.69) is 10.6 Å². The molecule has 5 nitrogen and oxygen atoms in total. The predicted octanol–water partition coefficient (Wildman–Crippen LogP) is 1.68. The van der Waals surface area contributed by atoms with Crippen LogP contribution in [0.5, 0.6) is 5.75 Å². The van der Waals surface area contributed by atoms with E-state index in [0.29, 0.717) is 25.4 Å². The standard InChI is InChI=1S/C15H18ClN3O2/c16-7-1-8-18-11-13(10-17)15(21)19-9-6-12-2-4-14(20)5-3-12/h2-5,11,18,20H,1,6-9H2,(H,19,21)/b13-11-. The number of alkyl halides is 1. The van der Waals surface area contributed by atoms with Crippen molar-refractivity contribution in [2.24, 2.45) is 0 Å². The van der Waals surface area contributed by atoms with E-state index in [4.69, 9.17) is 22.0 Å². The molecule has 6 heteroatoms. The average molecular weight is 308 g/mol. The third kappa shape index (κ3) is 6.68. The molecular formula is C15H18ClN3O2. The van der Waals surface area contributed by atoms with Crippen LogP contribution in [0.15, 0.2) is 36.0 Å². The van der Waals surface area contributed by atoms with Gasteiger partial charge in [0, 0.05) is 25.2 Å². The molecule has 1 rings (SSSR count). The van der Waals surface area contributed by atoms with Crippen LogP contribution in [-0.4, -0.2) is 30.0 Å². The maximum absolute atomic E-state index is 11.8. The van der Waals surface area contributed by atoms with Crippen LogP contribution in [0.1, 0.15) is 12.0 Å². The van der Waals surface area contributed by atoms with Gasteiger partial charge in [-0.15, -0.1) is 11.6 Å². The normalized spacial score (nSPS) is 10.8. The van der Waals surface area contributed by atoms with E-state index in [-0.39, 0.29) is 11.3 Å². The molecule has 1 aromatic rings. The zero-order valence-electron chi connectivity index (χ0n) is 11.6. The molecule has 0 aromatic heterocycles. The molecule has 0 bridgehead atoms. The summed E-state index contributed by atoms with van der Waals surface area (Å²) in [6.07, 6.45) is 2.80. The number of hydrogen-bond donors (Lipinski definition) is 3. The van der Waals surface area contributed by atoms with Crippen molar-refractivity contribution in [1.82, 2.24) is 10.6 Å². The number of phenolic OH excluding ortho intramolecular Hbond substituents is 1. The molecule has 0 aliphatic rings. The Morgan fingerprint density at radius 1 is 1.33 bits per heavy atom. The van der Waals surface area contributed by atoms with Gasteiger partial charge in [-0.2, -0.15) is 5.26 Å². The second-order valence-corrected chi connectivity index (χ2v) is 4.72. The van der Waals surface area contributed by atoms with Crippen LogP contribution in [-0.2, 0) is 11.2 Å². The zero-order chi connectivity index (χ0) is 15.5. The number of nitrogens with zero attached hydrogens (tertiary/aromatic N) is 1. The molecule has 0 unspecified atom stereocenters. The molecule has 3 N–H and O–H groups in total. The fourth-order valence-electron chi connectivity index (χ4n) is 1.57. The number of nitrogens with one attached hydrogen (secondary N) is 2. The minimum atomic E-state index is -0.408. The Morgan fingerprint density at radius 3 is 2.67 bits per heavy atom. The third-order valence-corrected chi connectivity index (χ3v) is 2.97. The van der Waals surface area contributed by atoms with Crippen LogP contribution in [0.25, 0.3) is 0 Å². The Bertz CT molecular complexity index is 521. The minimum absolute atomic E-state index is 0.0373. The topological polar surface area (TPSA) is 85.2 Å². The second kappa shape index (κ2) is 9.67. The van der Waals surface area contributed by atoms with Gasteiger partial charge in [-0.1, -0.05) is 12.1 Å². The second-order valence-electron chi connectivity index (χ2n) is 4.34. The lowest BCUT2D eigenvalue weighted by atomic mass is 10.1. The molecular weight excluding hydrogens is 290 g/mol. The molecule has 0 heterocycles. The van der Waals surface area contributed by atoms with Crippen molar-refractivity contribution in [3.8, 4) is 11.8 Å². The van der Waals surface area contributed by atoms with E-state index < -0.39 is 5.91 Å². The summed E-state index contributed by atoms with van der Waals surface area (Å²) >= 11 is 5.53. The van der Waals surface area contributed by atoms with Crippen molar-refractivity contribution < 1.29 is 9.90 Å². The Kier molecular flexibility index (Phi) is 7.77. The van der Waals surface area contributed by atoms with Crippen molar-refractivity contribution in [3.63, 3.8) is 0 Å². The molecule has 0 spiro atoms. The smallest absolute Gasteiger partial charge is 0.263 e. The third-order valence-electron chi connectivity index (χ3n) is 2.70. The van der Waals surface area contributed by atoms with Crippen LogP contribution < -0.4 is 10.6 Å². The van der Waals surface area contributed by atoms with Gasteiger partial charge in [0.2, 0.25) is 0 Å². The Morgan fingerprint density at radius 2 is 2.05 bits per heavy atom. The lowest BCUT2D eigenvalue weighted by molar-refractivity contribution is -0.117. The zero-order valence-corrected chi connectivity index (χ0v) is 12.4. The first-order valence-electron chi connectivity index (χ1n) is 6.63. The van der Waals surface area contributed by atoms with Gasteiger partial charge in [-0.3, -0.25) is 4.79 Å². The summed E-state index contributed by atoms with van der Waals surface area (Å²) in [4.78, 5) is 11.8. The van der Waals surface area contributed by atoms with Crippen LogP contribution in [0.3, 0.4) is 0 Å². The number of carbonyl (C=O) groups is 1. The first kappa shape index (κ1) is 16.9. The first-order valence-corrected chi connectivity index (χ1v) is 7.16. The molecule has 0 aliphatic carbocycles. The molecule has 0 fully saturated rings. The summed E-state index contributed by atoms with van der Waals surface area (Å²) in [6, 6.07) is 8.62. The maximum atomic E-state index is 11.8. The fraction of sp³-hybridized carbons (Fsp3) is 0.333. The maximum Gasteiger partial charge on any atom is 0.263 e. The number of halogens is 1. The van der Waals surface area contributed by atoms with E-state index in [1.54, 1.807) is 24.3 Å². The van der Waals surface area contributed by atoms with E-state index in [0.717, 1.165) is 12.0 Å².